The van der Waals surface area contributed by atoms with E-state index in [0.717, 1.165) is 93.8 Å². The van der Waals surface area contributed by atoms with Crippen LogP contribution in [-0.4, -0.2) is 24.9 Å². The highest BCUT2D eigenvalue weighted by atomic mass is 15.0. The number of para-hydroxylation sites is 1. The molecule has 5 nitrogen and oxygen atoms in total. The van der Waals surface area contributed by atoms with Crippen molar-refractivity contribution in [2.24, 2.45) is 0 Å². The molecular weight excluding hydrogens is 803 g/mol. The number of pyridine rings is 2. The van der Waals surface area contributed by atoms with E-state index in [-0.39, 0.29) is 0 Å². The topological polar surface area (TPSA) is 64.5 Å². The standard InChI is InChI=1S/C61H39N5/c1-4-15-40(16-5-1)45-21-14-22-46(35-45)48-36-47(41-27-29-44(30-28-41)61-65-59(42-17-6-2-7-18-42)64-60(66-61)43-19-8-3-9-20-43)37-49(38-48)50-31-32-55(52-24-11-10-23-51(50)52)58-56-39-62-34-33-53(56)54-25-12-13-26-57(54)63-58/h1-39H. The molecule has 0 unspecified atom stereocenters. The molecule has 0 amide bonds. The number of fused-ring (bicyclic) bond motifs is 4. The fourth-order valence-corrected chi connectivity index (χ4v) is 9.13. The SMILES string of the molecule is c1ccc(-c2cccc(-c3cc(-c4ccc(-c5nc(-c6ccccc6)nc(-c6ccccc6)n5)cc4)cc(-c4ccc(-c5nc6ccccc6c6ccncc56)c5ccccc45)c3)c2)cc1. The lowest BCUT2D eigenvalue weighted by Gasteiger charge is -2.16. The van der Waals surface area contributed by atoms with Gasteiger partial charge in [-0.1, -0.05) is 188 Å². The van der Waals surface area contributed by atoms with E-state index in [1.807, 2.05) is 73.1 Å². The lowest BCUT2D eigenvalue weighted by Crippen LogP contribution is -2.00. The van der Waals surface area contributed by atoms with Crippen LogP contribution >= 0.6 is 0 Å². The third-order valence-corrected chi connectivity index (χ3v) is 12.4. The van der Waals surface area contributed by atoms with Crippen molar-refractivity contribution >= 4 is 32.4 Å². The normalized spacial score (nSPS) is 11.3. The average molecular weight is 842 g/mol. The Morgan fingerprint density at radius 1 is 0.242 bits per heavy atom. The van der Waals surface area contributed by atoms with Gasteiger partial charge in [0.1, 0.15) is 0 Å². The third-order valence-electron chi connectivity index (χ3n) is 12.4. The molecule has 0 saturated carbocycles. The zero-order valence-corrected chi connectivity index (χ0v) is 35.8. The monoisotopic (exact) mass is 841 g/mol. The van der Waals surface area contributed by atoms with Crippen LogP contribution in [0.4, 0.5) is 0 Å². The summed E-state index contributed by atoms with van der Waals surface area (Å²) in [5.74, 6) is 1.90. The van der Waals surface area contributed by atoms with Crippen LogP contribution in [0.5, 0.6) is 0 Å². The van der Waals surface area contributed by atoms with Crippen LogP contribution in [0.25, 0.3) is 122 Å². The lowest BCUT2D eigenvalue weighted by atomic mass is 9.88. The molecule has 0 N–H and O–H groups in total. The molecular formula is C61H39N5. The van der Waals surface area contributed by atoms with Crippen LogP contribution in [0.15, 0.2) is 237 Å². The Morgan fingerprint density at radius 2 is 0.682 bits per heavy atom. The highest BCUT2D eigenvalue weighted by Gasteiger charge is 2.18. The molecule has 0 aliphatic carbocycles. The summed E-state index contributed by atoms with van der Waals surface area (Å²) < 4.78 is 0. The van der Waals surface area contributed by atoms with E-state index in [0.29, 0.717) is 17.5 Å². The van der Waals surface area contributed by atoms with Gasteiger partial charge in [0, 0.05) is 45.4 Å². The second kappa shape index (κ2) is 16.6. The molecule has 0 atom stereocenters. The van der Waals surface area contributed by atoms with Gasteiger partial charge in [-0.15, -0.1) is 0 Å². The van der Waals surface area contributed by atoms with Gasteiger partial charge in [0.15, 0.2) is 17.5 Å². The predicted molar refractivity (Wildman–Crippen MR) is 271 cm³/mol. The van der Waals surface area contributed by atoms with Crippen LogP contribution in [0.3, 0.4) is 0 Å². The molecule has 5 heteroatoms. The van der Waals surface area contributed by atoms with E-state index in [1.54, 1.807) is 0 Å². The highest BCUT2D eigenvalue weighted by molar-refractivity contribution is 6.14. The maximum atomic E-state index is 5.28. The van der Waals surface area contributed by atoms with Crippen molar-refractivity contribution < 1.29 is 0 Å². The van der Waals surface area contributed by atoms with Crippen molar-refractivity contribution in [3.63, 3.8) is 0 Å². The van der Waals surface area contributed by atoms with Gasteiger partial charge in [0.25, 0.3) is 0 Å². The molecule has 0 aliphatic rings. The van der Waals surface area contributed by atoms with Crippen molar-refractivity contribution in [2.75, 3.05) is 0 Å². The molecule has 12 rings (SSSR count). The minimum atomic E-state index is 0.623. The number of aromatic nitrogens is 5. The van der Waals surface area contributed by atoms with Crippen LogP contribution in [0.1, 0.15) is 0 Å². The Balaban J connectivity index is 1.01. The number of hydrogen-bond donors (Lipinski definition) is 0. The van der Waals surface area contributed by atoms with E-state index in [2.05, 4.69) is 169 Å². The molecule has 0 saturated heterocycles. The molecule has 0 bridgehead atoms. The first kappa shape index (κ1) is 38.7. The number of rotatable bonds is 8. The molecule has 66 heavy (non-hydrogen) atoms. The summed E-state index contributed by atoms with van der Waals surface area (Å²) in [6.07, 6.45) is 3.81. The van der Waals surface area contributed by atoms with Crippen LogP contribution in [0.2, 0.25) is 0 Å². The Labute approximate surface area is 382 Å². The van der Waals surface area contributed by atoms with E-state index >= 15 is 0 Å². The highest BCUT2D eigenvalue weighted by Crippen LogP contribution is 2.42. The summed E-state index contributed by atoms with van der Waals surface area (Å²) in [4.78, 5) is 24.8. The zero-order chi connectivity index (χ0) is 43.8. The molecule has 0 fully saturated rings. The molecule has 308 valence electrons. The van der Waals surface area contributed by atoms with Crippen molar-refractivity contribution in [3.05, 3.63) is 237 Å². The average Bonchev–Trinajstić information content (AvgIpc) is 3.41. The maximum absolute atomic E-state index is 5.28. The number of hydrogen-bond acceptors (Lipinski definition) is 5. The second-order valence-electron chi connectivity index (χ2n) is 16.5. The predicted octanol–water partition coefficient (Wildman–Crippen LogP) is 15.5. The first-order chi connectivity index (χ1) is 32.7. The van der Waals surface area contributed by atoms with Crippen molar-refractivity contribution in [2.45, 2.75) is 0 Å². The summed E-state index contributed by atoms with van der Waals surface area (Å²) in [5.41, 5.74) is 14.8. The Kier molecular flexibility index (Phi) is 9.77. The smallest absolute Gasteiger partial charge is 0.164 e. The zero-order valence-electron chi connectivity index (χ0n) is 35.8. The van der Waals surface area contributed by atoms with Gasteiger partial charge in [-0.2, -0.15) is 0 Å². The van der Waals surface area contributed by atoms with Crippen LogP contribution in [0, 0.1) is 0 Å². The van der Waals surface area contributed by atoms with E-state index in [1.165, 1.54) is 11.1 Å². The maximum Gasteiger partial charge on any atom is 0.164 e. The fourth-order valence-electron chi connectivity index (χ4n) is 9.13. The number of benzene rings is 9. The molecule has 0 radical (unpaired) electrons. The Bertz CT molecular complexity index is 3680. The summed E-state index contributed by atoms with van der Waals surface area (Å²) in [6, 6.07) is 78.8. The minimum Gasteiger partial charge on any atom is -0.264 e. The van der Waals surface area contributed by atoms with Gasteiger partial charge in [-0.25, -0.2) is 19.9 Å². The summed E-state index contributed by atoms with van der Waals surface area (Å²) in [5, 5.41) is 5.58. The second-order valence-corrected chi connectivity index (χ2v) is 16.5. The van der Waals surface area contributed by atoms with E-state index < -0.39 is 0 Å². The molecule has 3 aromatic heterocycles. The minimum absolute atomic E-state index is 0.623. The fraction of sp³-hybridized carbons (Fsp3) is 0. The van der Waals surface area contributed by atoms with Crippen molar-refractivity contribution in [1.29, 1.82) is 0 Å². The quantitative estimate of drug-likeness (QED) is 0.143. The summed E-state index contributed by atoms with van der Waals surface area (Å²) in [7, 11) is 0. The molecule has 3 heterocycles. The number of nitrogens with zero attached hydrogens (tertiary/aromatic N) is 5. The van der Waals surface area contributed by atoms with E-state index in [4.69, 9.17) is 19.9 Å². The molecule has 12 aromatic rings. The Hall–Kier alpha value is -8.93. The summed E-state index contributed by atoms with van der Waals surface area (Å²) >= 11 is 0. The molecule has 9 aromatic carbocycles. The van der Waals surface area contributed by atoms with Crippen molar-refractivity contribution in [1.82, 2.24) is 24.9 Å². The lowest BCUT2D eigenvalue weighted by molar-refractivity contribution is 1.07. The van der Waals surface area contributed by atoms with E-state index in [9.17, 15) is 0 Å². The van der Waals surface area contributed by atoms with Gasteiger partial charge in [0.05, 0.1) is 11.2 Å². The summed E-state index contributed by atoms with van der Waals surface area (Å²) in [6.45, 7) is 0. The van der Waals surface area contributed by atoms with Gasteiger partial charge in [0.2, 0.25) is 0 Å². The van der Waals surface area contributed by atoms with Crippen molar-refractivity contribution in [3.8, 4) is 89.9 Å². The first-order valence-electron chi connectivity index (χ1n) is 22.1. The van der Waals surface area contributed by atoms with Gasteiger partial charge < -0.3 is 0 Å². The van der Waals surface area contributed by atoms with Gasteiger partial charge >= 0.3 is 0 Å². The van der Waals surface area contributed by atoms with Gasteiger partial charge in [-0.3, -0.25) is 4.98 Å². The van der Waals surface area contributed by atoms with Crippen LogP contribution in [-0.2, 0) is 0 Å². The first-order valence-corrected chi connectivity index (χ1v) is 22.1. The molecule has 0 spiro atoms. The third kappa shape index (κ3) is 7.25. The largest absolute Gasteiger partial charge is 0.264 e. The van der Waals surface area contributed by atoms with Gasteiger partial charge in [-0.05, 0) is 97.1 Å². The van der Waals surface area contributed by atoms with Crippen LogP contribution < -0.4 is 0 Å². The molecule has 0 aliphatic heterocycles. The Morgan fingerprint density at radius 3 is 1.33 bits per heavy atom.